The fourth-order valence-corrected chi connectivity index (χ4v) is 3.64. The summed E-state index contributed by atoms with van der Waals surface area (Å²) in [6.07, 6.45) is 3.76. The Morgan fingerprint density at radius 3 is 2.48 bits per heavy atom. The predicted octanol–water partition coefficient (Wildman–Crippen LogP) is 1.65. The largest absolute Gasteiger partial charge is 0.383 e. The van der Waals surface area contributed by atoms with Gasteiger partial charge in [0.1, 0.15) is 0 Å². The minimum atomic E-state index is 0.0415. The first kappa shape index (κ1) is 19.8. The number of benzene rings is 1. The number of hydrogen-bond donors (Lipinski definition) is 1. The van der Waals surface area contributed by atoms with Crippen molar-refractivity contribution in [2.45, 2.75) is 38.3 Å². The molecule has 0 radical (unpaired) electrons. The zero-order chi connectivity index (χ0) is 19.1. The highest BCUT2D eigenvalue weighted by molar-refractivity contribution is 5.81. The Kier molecular flexibility index (Phi) is 7.24. The molecule has 2 aliphatic rings. The van der Waals surface area contributed by atoms with Crippen molar-refractivity contribution in [2.75, 3.05) is 39.9 Å². The second-order valence-corrected chi connectivity index (χ2v) is 7.51. The van der Waals surface area contributed by atoms with Gasteiger partial charge in [-0.2, -0.15) is 0 Å². The quantitative estimate of drug-likeness (QED) is 0.669. The summed E-state index contributed by atoms with van der Waals surface area (Å²) in [6.45, 7) is 3.66. The van der Waals surface area contributed by atoms with Crippen molar-refractivity contribution >= 4 is 11.8 Å². The van der Waals surface area contributed by atoms with Crippen molar-refractivity contribution in [1.82, 2.24) is 15.1 Å². The lowest BCUT2D eigenvalue weighted by molar-refractivity contribution is -0.141. The Morgan fingerprint density at radius 2 is 1.85 bits per heavy atom. The first-order valence-corrected chi connectivity index (χ1v) is 10.0. The molecule has 3 rings (SSSR count). The average Bonchev–Trinajstić information content (AvgIpc) is 3.55. The highest BCUT2D eigenvalue weighted by Gasteiger charge is 2.37. The lowest BCUT2D eigenvalue weighted by Gasteiger charge is -2.34. The van der Waals surface area contributed by atoms with Gasteiger partial charge in [0, 0.05) is 45.2 Å². The van der Waals surface area contributed by atoms with Crippen molar-refractivity contribution in [2.24, 2.45) is 5.92 Å². The van der Waals surface area contributed by atoms with Crippen LogP contribution in [0.2, 0.25) is 0 Å². The molecule has 0 unspecified atom stereocenters. The normalized spacial score (nSPS) is 17.7. The molecule has 0 aromatic heterocycles. The monoisotopic (exact) mass is 373 g/mol. The lowest BCUT2D eigenvalue weighted by Crippen LogP contribution is -2.47. The number of carbonyl (C=O) groups excluding carboxylic acids is 2. The lowest BCUT2D eigenvalue weighted by atomic mass is 9.94. The van der Waals surface area contributed by atoms with Crippen molar-refractivity contribution < 1.29 is 14.3 Å². The van der Waals surface area contributed by atoms with E-state index in [0.29, 0.717) is 45.4 Å². The smallest absolute Gasteiger partial charge is 0.236 e. The Morgan fingerprint density at radius 1 is 1.15 bits per heavy atom. The Balaban J connectivity index is 1.47. The van der Waals surface area contributed by atoms with E-state index in [1.165, 1.54) is 5.56 Å². The summed E-state index contributed by atoms with van der Waals surface area (Å²) in [7, 11) is 1.65. The number of hydrogen-bond acceptors (Lipinski definition) is 4. The molecule has 1 aliphatic carbocycles. The van der Waals surface area contributed by atoms with Crippen LogP contribution in [0, 0.1) is 5.92 Å². The molecule has 1 aliphatic heterocycles. The fourth-order valence-electron chi connectivity index (χ4n) is 3.64. The summed E-state index contributed by atoms with van der Waals surface area (Å²) in [4.78, 5) is 29.3. The SMILES string of the molecule is COCCNCC(=O)N1CCC(C(=O)N(Cc2ccccc2)C2CC2)CC1. The summed E-state index contributed by atoms with van der Waals surface area (Å²) >= 11 is 0. The molecule has 6 heteroatoms. The summed E-state index contributed by atoms with van der Waals surface area (Å²) < 4.78 is 4.97. The van der Waals surface area contributed by atoms with E-state index < -0.39 is 0 Å². The summed E-state index contributed by atoms with van der Waals surface area (Å²) in [6, 6.07) is 10.6. The number of likely N-dealkylation sites (tertiary alicyclic amines) is 1. The number of ether oxygens (including phenoxy) is 1. The zero-order valence-corrected chi connectivity index (χ0v) is 16.2. The third-order valence-electron chi connectivity index (χ3n) is 5.42. The number of nitrogens with one attached hydrogen (secondary N) is 1. The highest BCUT2D eigenvalue weighted by atomic mass is 16.5. The van der Waals surface area contributed by atoms with Gasteiger partial charge in [-0.1, -0.05) is 30.3 Å². The predicted molar refractivity (Wildman–Crippen MR) is 104 cm³/mol. The molecule has 6 nitrogen and oxygen atoms in total. The Bertz CT molecular complexity index is 610. The van der Waals surface area contributed by atoms with Crippen molar-refractivity contribution in [3.05, 3.63) is 35.9 Å². The van der Waals surface area contributed by atoms with Gasteiger partial charge in [0.05, 0.1) is 13.2 Å². The molecule has 0 spiro atoms. The van der Waals surface area contributed by atoms with E-state index in [1.54, 1.807) is 7.11 Å². The number of methoxy groups -OCH3 is 1. The van der Waals surface area contributed by atoms with Gasteiger partial charge in [-0.15, -0.1) is 0 Å². The van der Waals surface area contributed by atoms with E-state index in [0.717, 1.165) is 25.7 Å². The Hall–Kier alpha value is -1.92. The topological polar surface area (TPSA) is 61.9 Å². The molecule has 148 valence electrons. The maximum absolute atomic E-state index is 13.1. The minimum Gasteiger partial charge on any atom is -0.383 e. The maximum atomic E-state index is 13.1. The molecule has 2 fully saturated rings. The van der Waals surface area contributed by atoms with Gasteiger partial charge in [0.25, 0.3) is 0 Å². The minimum absolute atomic E-state index is 0.0415. The molecule has 0 bridgehead atoms. The van der Waals surface area contributed by atoms with Crippen molar-refractivity contribution in [3.63, 3.8) is 0 Å². The van der Waals surface area contributed by atoms with Gasteiger partial charge in [0.2, 0.25) is 11.8 Å². The van der Waals surface area contributed by atoms with Crippen molar-refractivity contribution in [1.29, 1.82) is 0 Å². The van der Waals surface area contributed by atoms with Gasteiger partial charge in [-0.05, 0) is 31.2 Å². The number of carbonyl (C=O) groups is 2. The van der Waals surface area contributed by atoms with Gasteiger partial charge in [-0.25, -0.2) is 0 Å². The van der Waals surface area contributed by atoms with Crippen LogP contribution >= 0.6 is 0 Å². The molecule has 27 heavy (non-hydrogen) atoms. The van der Waals surface area contributed by atoms with Crippen LogP contribution in [0.5, 0.6) is 0 Å². The number of amides is 2. The molecule has 1 saturated carbocycles. The van der Waals surface area contributed by atoms with Gasteiger partial charge >= 0.3 is 0 Å². The first-order chi connectivity index (χ1) is 13.2. The van der Waals surface area contributed by atoms with Crippen LogP contribution in [0.4, 0.5) is 0 Å². The second kappa shape index (κ2) is 9.85. The number of rotatable bonds is 9. The van der Waals surface area contributed by atoms with Crippen LogP contribution in [0.1, 0.15) is 31.2 Å². The second-order valence-electron chi connectivity index (χ2n) is 7.51. The van der Waals surface area contributed by atoms with Crippen LogP contribution in [0.15, 0.2) is 30.3 Å². The number of piperidine rings is 1. The van der Waals surface area contributed by atoms with E-state index in [1.807, 2.05) is 23.1 Å². The van der Waals surface area contributed by atoms with E-state index in [4.69, 9.17) is 4.74 Å². The highest BCUT2D eigenvalue weighted by Crippen LogP contribution is 2.31. The summed E-state index contributed by atoms with van der Waals surface area (Å²) in [5, 5.41) is 3.09. The van der Waals surface area contributed by atoms with E-state index >= 15 is 0 Å². The zero-order valence-electron chi connectivity index (χ0n) is 16.2. The molecule has 1 heterocycles. The molecule has 0 atom stereocenters. The van der Waals surface area contributed by atoms with Crippen LogP contribution in [0.25, 0.3) is 0 Å². The molecule has 2 amide bonds. The van der Waals surface area contributed by atoms with Crippen LogP contribution in [-0.4, -0.2) is 67.6 Å². The van der Waals surface area contributed by atoms with Crippen LogP contribution < -0.4 is 5.32 Å². The average molecular weight is 373 g/mol. The number of nitrogens with zero attached hydrogens (tertiary/aromatic N) is 2. The standard InChI is InChI=1S/C21H31N3O3/c1-27-14-11-22-15-20(25)23-12-9-18(10-13-23)21(26)24(19-7-8-19)16-17-5-3-2-4-6-17/h2-6,18-19,22H,7-16H2,1H3. The van der Waals surface area contributed by atoms with Gasteiger partial charge < -0.3 is 19.9 Å². The van der Waals surface area contributed by atoms with E-state index in [9.17, 15) is 9.59 Å². The molecule has 1 aromatic carbocycles. The van der Waals surface area contributed by atoms with Gasteiger partial charge in [-0.3, -0.25) is 9.59 Å². The first-order valence-electron chi connectivity index (χ1n) is 10.0. The summed E-state index contributed by atoms with van der Waals surface area (Å²) in [5.74, 6) is 0.423. The van der Waals surface area contributed by atoms with Crippen LogP contribution in [-0.2, 0) is 20.9 Å². The Labute approximate surface area is 161 Å². The molecule has 1 aromatic rings. The summed E-state index contributed by atoms with van der Waals surface area (Å²) in [5.41, 5.74) is 1.19. The molecular formula is C21H31N3O3. The van der Waals surface area contributed by atoms with Crippen molar-refractivity contribution in [3.8, 4) is 0 Å². The molecular weight excluding hydrogens is 342 g/mol. The fraction of sp³-hybridized carbons (Fsp3) is 0.619. The van der Waals surface area contributed by atoms with Gasteiger partial charge in [0.15, 0.2) is 0 Å². The molecule has 1 saturated heterocycles. The van der Waals surface area contributed by atoms with Crippen LogP contribution in [0.3, 0.4) is 0 Å². The third kappa shape index (κ3) is 5.78. The maximum Gasteiger partial charge on any atom is 0.236 e. The molecule has 1 N–H and O–H groups in total. The van der Waals surface area contributed by atoms with E-state index in [-0.39, 0.29) is 17.7 Å². The van der Waals surface area contributed by atoms with E-state index in [2.05, 4.69) is 22.3 Å². The third-order valence-corrected chi connectivity index (χ3v) is 5.42.